The fourth-order valence-electron chi connectivity index (χ4n) is 2.34. The molecular weight excluding hydrogens is 274 g/mol. The predicted octanol–water partition coefficient (Wildman–Crippen LogP) is 2.71. The molecule has 1 heterocycles. The van der Waals surface area contributed by atoms with Crippen LogP contribution in [0.5, 0.6) is 0 Å². The predicted molar refractivity (Wildman–Crippen MR) is 79.3 cm³/mol. The van der Waals surface area contributed by atoms with Crippen molar-refractivity contribution in [3.05, 3.63) is 21.4 Å². The van der Waals surface area contributed by atoms with Gasteiger partial charge in [0.15, 0.2) is 0 Å². The van der Waals surface area contributed by atoms with Crippen molar-refractivity contribution in [1.82, 2.24) is 5.32 Å². The van der Waals surface area contributed by atoms with E-state index in [0.717, 1.165) is 24.8 Å². The second-order valence-electron chi connectivity index (χ2n) is 6.27. The number of carboxylic acid groups (broad SMARTS) is 1. The van der Waals surface area contributed by atoms with Crippen molar-refractivity contribution in [2.45, 2.75) is 40.0 Å². The third-order valence-electron chi connectivity index (χ3n) is 3.92. The van der Waals surface area contributed by atoms with Crippen LogP contribution in [-0.2, 0) is 17.6 Å². The molecule has 2 N–H and O–H groups in total. The van der Waals surface area contributed by atoms with Gasteiger partial charge in [0.25, 0.3) is 5.91 Å². The maximum atomic E-state index is 12.2. The Balaban J connectivity index is 2.06. The first-order valence-corrected chi connectivity index (χ1v) is 7.80. The van der Waals surface area contributed by atoms with Crippen molar-refractivity contribution >= 4 is 23.2 Å². The van der Waals surface area contributed by atoms with Crippen LogP contribution in [0, 0.1) is 11.3 Å². The van der Waals surface area contributed by atoms with Crippen molar-refractivity contribution in [3.8, 4) is 0 Å². The lowest BCUT2D eigenvalue weighted by molar-refractivity contribution is -0.146. The first kappa shape index (κ1) is 15.0. The summed E-state index contributed by atoms with van der Waals surface area (Å²) in [6.07, 6.45) is 3.11. The number of carbonyl (C=O) groups is 2. The van der Waals surface area contributed by atoms with E-state index in [1.54, 1.807) is 25.2 Å². The molecular formula is C15H21NO3S. The number of hydrogen-bond donors (Lipinski definition) is 2. The van der Waals surface area contributed by atoms with Crippen molar-refractivity contribution in [3.63, 3.8) is 0 Å². The molecule has 5 heteroatoms. The molecule has 0 radical (unpaired) electrons. The quantitative estimate of drug-likeness (QED) is 0.897. The maximum absolute atomic E-state index is 12.2. The van der Waals surface area contributed by atoms with E-state index in [9.17, 15) is 9.59 Å². The van der Waals surface area contributed by atoms with Gasteiger partial charge in [-0.3, -0.25) is 9.59 Å². The Kier molecular flexibility index (Phi) is 4.18. The summed E-state index contributed by atoms with van der Waals surface area (Å²) in [5, 5.41) is 13.7. The number of aliphatic carboxylic acids is 1. The summed E-state index contributed by atoms with van der Waals surface area (Å²) in [7, 11) is 0. The monoisotopic (exact) mass is 295 g/mol. The average molecular weight is 295 g/mol. The van der Waals surface area contributed by atoms with Crippen LogP contribution in [0.25, 0.3) is 0 Å². The fourth-order valence-corrected chi connectivity index (χ4v) is 3.58. The van der Waals surface area contributed by atoms with Gasteiger partial charge in [-0.1, -0.05) is 6.92 Å². The number of carbonyl (C=O) groups excluding carboxylic acids is 1. The van der Waals surface area contributed by atoms with Crippen molar-refractivity contribution in [2.75, 3.05) is 6.54 Å². The number of amides is 1. The van der Waals surface area contributed by atoms with Gasteiger partial charge >= 0.3 is 5.97 Å². The molecule has 2 rings (SSSR count). The van der Waals surface area contributed by atoms with Crippen LogP contribution in [0.1, 0.15) is 48.0 Å². The highest BCUT2D eigenvalue weighted by Crippen LogP contribution is 2.32. The molecule has 0 bridgehead atoms. The minimum Gasteiger partial charge on any atom is -0.481 e. The summed E-state index contributed by atoms with van der Waals surface area (Å²) in [6, 6.07) is 0. The average Bonchev–Trinajstić information content (AvgIpc) is 2.78. The molecule has 1 aliphatic carbocycles. The number of hydrogen-bond acceptors (Lipinski definition) is 3. The summed E-state index contributed by atoms with van der Waals surface area (Å²) in [4.78, 5) is 24.6. The number of fused-ring (bicyclic) bond motifs is 1. The first-order valence-electron chi connectivity index (χ1n) is 6.92. The summed E-state index contributed by atoms with van der Waals surface area (Å²) in [5.41, 5.74) is 0.956. The second-order valence-corrected chi connectivity index (χ2v) is 7.23. The standard InChI is InChI=1S/C15H21NO3S/c1-9-4-5-10-11(7-20-12(10)6-9)13(17)16-8-15(2,3)14(18)19/h7,9H,4-6,8H2,1-3H3,(H,16,17)(H,18,19). The summed E-state index contributed by atoms with van der Waals surface area (Å²) in [6.45, 7) is 5.60. The Hall–Kier alpha value is -1.36. The Labute approximate surface area is 123 Å². The van der Waals surface area contributed by atoms with Crippen LogP contribution in [0.15, 0.2) is 5.38 Å². The lowest BCUT2D eigenvalue weighted by Crippen LogP contribution is -2.39. The summed E-state index contributed by atoms with van der Waals surface area (Å²) in [5.74, 6) is -0.367. The zero-order valence-electron chi connectivity index (χ0n) is 12.2. The highest BCUT2D eigenvalue weighted by atomic mass is 32.1. The molecule has 1 aromatic rings. The van der Waals surface area contributed by atoms with Gasteiger partial charge in [0.1, 0.15) is 0 Å². The van der Waals surface area contributed by atoms with Crippen LogP contribution in [0.4, 0.5) is 0 Å². The van der Waals surface area contributed by atoms with Crippen LogP contribution >= 0.6 is 11.3 Å². The van der Waals surface area contributed by atoms with Gasteiger partial charge < -0.3 is 10.4 Å². The van der Waals surface area contributed by atoms with Gasteiger partial charge in [0.2, 0.25) is 0 Å². The molecule has 0 saturated carbocycles. The Morgan fingerprint density at radius 1 is 1.50 bits per heavy atom. The summed E-state index contributed by atoms with van der Waals surface area (Å²) < 4.78 is 0. The van der Waals surface area contributed by atoms with E-state index < -0.39 is 11.4 Å². The Morgan fingerprint density at radius 3 is 2.85 bits per heavy atom. The molecule has 4 nitrogen and oxygen atoms in total. The topological polar surface area (TPSA) is 66.4 Å². The van der Waals surface area contributed by atoms with Gasteiger partial charge in [0.05, 0.1) is 11.0 Å². The van der Waals surface area contributed by atoms with Gasteiger partial charge in [-0.2, -0.15) is 0 Å². The maximum Gasteiger partial charge on any atom is 0.310 e. The molecule has 0 spiro atoms. The lowest BCUT2D eigenvalue weighted by Gasteiger charge is -2.21. The minimum atomic E-state index is -0.944. The van der Waals surface area contributed by atoms with Gasteiger partial charge in [-0.25, -0.2) is 0 Å². The highest BCUT2D eigenvalue weighted by Gasteiger charge is 2.29. The zero-order valence-corrected chi connectivity index (χ0v) is 13.0. The molecule has 0 aliphatic heterocycles. The molecule has 0 aromatic carbocycles. The normalized spacial score (nSPS) is 18.4. The van der Waals surface area contributed by atoms with E-state index >= 15 is 0 Å². The third-order valence-corrected chi connectivity index (χ3v) is 4.97. The van der Waals surface area contributed by atoms with E-state index in [4.69, 9.17) is 5.11 Å². The van der Waals surface area contributed by atoms with E-state index in [1.807, 2.05) is 5.38 Å². The zero-order chi connectivity index (χ0) is 14.9. The van der Waals surface area contributed by atoms with Crippen LogP contribution in [0.3, 0.4) is 0 Å². The van der Waals surface area contributed by atoms with E-state index in [1.165, 1.54) is 10.4 Å². The van der Waals surface area contributed by atoms with Gasteiger partial charge in [-0.05, 0) is 44.6 Å². The van der Waals surface area contributed by atoms with Gasteiger partial charge in [0, 0.05) is 16.8 Å². The van der Waals surface area contributed by atoms with Crippen LogP contribution in [0.2, 0.25) is 0 Å². The van der Waals surface area contributed by atoms with E-state index in [0.29, 0.717) is 5.92 Å². The number of rotatable bonds is 4. The molecule has 0 fully saturated rings. The SMILES string of the molecule is CC1CCc2c(C(=O)NCC(C)(C)C(=O)O)csc2C1. The third kappa shape index (κ3) is 3.03. The molecule has 1 amide bonds. The van der Waals surface area contributed by atoms with E-state index in [2.05, 4.69) is 12.2 Å². The van der Waals surface area contributed by atoms with Crippen molar-refractivity contribution < 1.29 is 14.7 Å². The smallest absolute Gasteiger partial charge is 0.310 e. The minimum absolute atomic E-state index is 0.141. The number of carboxylic acids is 1. The second kappa shape index (κ2) is 5.56. The number of thiophene rings is 1. The molecule has 1 unspecified atom stereocenters. The lowest BCUT2D eigenvalue weighted by atomic mass is 9.88. The first-order chi connectivity index (χ1) is 9.31. The largest absolute Gasteiger partial charge is 0.481 e. The summed E-state index contributed by atoms with van der Waals surface area (Å²) >= 11 is 1.65. The highest BCUT2D eigenvalue weighted by molar-refractivity contribution is 7.10. The van der Waals surface area contributed by atoms with E-state index in [-0.39, 0.29) is 12.5 Å². The number of nitrogens with one attached hydrogen (secondary N) is 1. The van der Waals surface area contributed by atoms with Gasteiger partial charge in [-0.15, -0.1) is 11.3 Å². The molecule has 1 aliphatic rings. The molecule has 1 aromatic heterocycles. The fraction of sp³-hybridized carbons (Fsp3) is 0.600. The van der Waals surface area contributed by atoms with Crippen LogP contribution in [-0.4, -0.2) is 23.5 Å². The van der Waals surface area contributed by atoms with Crippen LogP contribution < -0.4 is 5.32 Å². The van der Waals surface area contributed by atoms with Crippen molar-refractivity contribution in [2.24, 2.45) is 11.3 Å². The molecule has 20 heavy (non-hydrogen) atoms. The molecule has 1 atom stereocenters. The Morgan fingerprint density at radius 2 is 2.20 bits per heavy atom. The Bertz CT molecular complexity index is 533. The molecule has 0 saturated heterocycles. The molecule has 110 valence electrons. The van der Waals surface area contributed by atoms with Crippen molar-refractivity contribution in [1.29, 1.82) is 0 Å².